The fourth-order valence-electron chi connectivity index (χ4n) is 9.16. The minimum Gasteiger partial charge on any atom is -0.257 e. The first kappa shape index (κ1) is 63.8. The summed E-state index contributed by atoms with van der Waals surface area (Å²) in [6, 6.07) is 45.6. The maximum absolute atomic E-state index is 4.57. The number of aliphatic imine (C=N–C) groups is 1. The van der Waals surface area contributed by atoms with E-state index in [1.54, 1.807) is 33.4 Å². The van der Waals surface area contributed by atoms with Crippen molar-refractivity contribution in [1.82, 2.24) is 0 Å². The SMILES string of the molecule is CC.CC.CC.CC.CC.CC(C)C1=Nc2ccccc2C1.CC(C)C1CCCc2ccccc21.CC(C)C1CCc2ccccc21.CC(C)C1Cc2ccccc2C1.CC(C)c1ccccc1. The Kier molecular flexibility index (Phi) is 35.3. The monoisotopic (exact) mass is 924 g/mol. The van der Waals surface area contributed by atoms with Gasteiger partial charge in [0.25, 0.3) is 0 Å². The number of fused-ring (bicyclic) bond motifs is 4. The minimum absolute atomic E-state index is 0.581. The van der Waals surface area contributed by atoms with Crippen LogP contribution in [0.25, 0.3) is 0 Å². The van der Waals surface area contributed by atoms with E-state index in [1.807, 2.05) is 81.4 Å². The summed E-state index contributed by atoms with van der Waals surface area (Å²) in [6.07, 6.45) is 10.3. The van der Waals surface area contributed by atoms with E-state index in [4.69, 9.17) is 0 Å². The number of hydrogen-bond donors (Lipinski definition) is 0. The predicted octanol–water partition coefficient (Wildman–Crippen LogP) is 21.1. The van der Waals surface area contributed by atoms with Crippen molar-refractivity contribution in [3.63, 3.8) is 0 Å². The van der Waals surface area contributed by atoms with Crippen LogP contribution in [0.5, 0.6) is 0 Å². The van der Waals surface area contributed by atoms with E-state index in [9.17, 15) is 0 Å². The van der Waals surface area contributed by atoms with Gasteiger partial charge in [-0.2, -0.15) is 0 Å². The van der Waals surface area contributed by atoms with Gasteiger partial charge in [0, 0.05) is 12.1 Å². The lowest BCUT2D eigenvalue weighted by Crippen LogP contribution is -2.14. The summed E-state index contributed by atoms with van der Waals surface area (Å²) in [7, 11) is 0. The van der Waals surface area contributed by atoms with E-state index in [-0.39, 0.29) is 0 Å². The first-order valence-electron chi connectivity index (χ1n) is 27.8. The topological polar surface area (TPSA) is 12.4 Å². The molecule has 1 heteroatoms. The first-order valence-corrected chi connectivity index (χ1v) is 27.8. The van der Waals surface area contributed by atoms with E-state index >= 15 is 0 Å². The van der Waals surface area contributed by atoms with Crippen molar-refractivity contribution in [2.45, 2.75) is 208 Å². The second kappa shape index (κ2) is 37.6. The van der Waals surface area contributed by atoms with Crippen LogP contribution < -0.4 is 0 Å². The van der Waals surface area contributed by atoms with E-state index in [1.165, 1.54) is 67.5 Å². The van der Waals surface area contributed by atoms with E-state index in [2.05, 4.69) is 189 Å². The summed E-state index contributed by atoms with van der Waals surface area (Å²) in [5.41, 5.74) is 14.8. The third kappa shape index (κ3) is 21.6. The summed E-state index contributed by atoms with van der Waals surface area (Å²) >= 11 is 0. The Balaban J connectivity index is 0.000000790. The zero-order chi connectivity index (χ0) is 51.6. The van der Waals surface area contributed by atoms with Crippen molar-refractivity contribution in [2.75, 3.05) is 0 Å². The molecule has 4 aliphatic rings. The molecule has 0 fully saturated rings. The molecular formula is C67H105N. The molecule has 0 amide bonds. The van der Waals surface area contributed by atoms with Crippen LogP contribution >= 0.6 is 0 Å². The fourth-order valence-corrected chi connectivity index (χ4v) is 9.16. The van der Waals surface area contributed by atoms with Crippen molar-refractivity contribution >= 4 is 11.4 Å². The van der Waals surface area contributed by atoms with Gasteiger partial charge in [-0.15, -0.1) is 0 Å². The molecule has 9 rings (SSSR count). The predicted molar refractivity (Wildman–Crippen MR) is 311 cm³/mol. The van der Waals surface area contributed by atoms with Crippen LogP contribution in [0.4, 0.5) is 5.69 Å². The third-order valence-electron chi connectivity index (χ3n) is 13.0. The van der Waals surface area contributed by atoms with Crippen LogP contribution in [-0.4, -0.2) is 5.71 Å². The molecule has 0 saturated heterocycles. The number of rotatable bonds is 5. The first-order chi connectivity index (χ1) is 32.9. The molecule has 1 aliphatic heterocycles. The fraction of sp³-hybridized carbons (Fsp3) is 0.537. The molecular weight excluding hydrogens is 819 g/mol. The van der Waals surface area contributed by atoms with Crippen molar-refractivity contribution in [3.8, 4) is 0 Å². The van der Waals surface area contributed by atoms with Crippen LogP contribution in [0.3, 0.4) is 0 Å². The molecule has 0 N–H and O–H groups in total. The summed E-state index contributed by atoms with van der Waals surface area (Å²) in [5, 5.41) is 0. The normalized spacial score (nSPS) is 15.3. The Bertz CT molecular complexity index is 1960. The van der Waals surface area contributed by atoms with Crippen molar-refractivity contribution in [3.05, 3.63) is 172 Å². The Morgan fingerprint density at radius 2 is 0.779 bits per heavy atom. The van der Waals surface area contributed by atoms with Gasteiger partial charge in [0.2, 0.25) is 0 Å². The molecule has 5 aromatic carbocycles. The quantitative estimate of drug-likeness (QED) is 0.167. The standard InChI is InChI=1S/C13H18.2C12H16.C11H13N.C9H12.5C2H6/c1-10(2)12-9-5-7-11-6-3-4-8-13(11)12;1-9(2)12-7-10-5-3-4-6-11(10)8-12;1-9(2)11-8-7-10-5-3-4-6-12(10)11;1-8(2)11-7-9-5-3-4-6-10(9)12-11;1-8(2)9-6-4-3-5-7-9;5*1-2/h3-4,6,8,10,12H,5,7,9H2,1-2H3;3-6,9,12H,7-8H2,1-2H3;3-6,9,11H,7-8H2,1-2H3;3-6,8H,7H2,1-2H3;3-8H,1-2H3;5*1-2H3. The molecule has 378 valence electrons. The Labute approximate surface area is 423 Å². The highest BCUT2D eigenvalue weighted by Crippen LogP contribution is 2.38. The van der Waals surface area contributed by atoms with Gasteiger partial charge < -0.3 is 0 Å². The molecule has 3 aliphatic carbocycles. The summed E-state index contributed by atoms with van der Waals surface area (Å²) in [4.78, 5) is 4.57. The van der Waals surface area contributed by atoms with Crippen molar-refractivity contribution < 1.29 is 0 Å². The van der Waals surface area contributed by atoms with Gasteiger partial charge in [0.15, 0.2) is 0 Å². The molecule has 5 aromatic rings. The zero-order valence-corrected chi connectivity index (χ0v) is 47.8. The van der Waals surface area contributed by atoms with Gasteiger partial charge in [-0.25, -0.2) is 0 Å². The second-order valence-corrected chi connectivity index (χ2v) is 18.8. The zero-order valence-electron chi connectivity index (χ0n) is 47.8. The maximum atomic E-state index is 4.57. The number of nitrogens with zero attached hydrogens (tertiary/aromatic N) is 1. The van der Waals surface area contributed by atoms with Crippen molar-refractivity contribution in [1.29, 1.82) is 0 Å². The van der Waals surface area contributed by atoms with Crippen LogP contribution in [0.2, 0.25) is 0 Å². The molecule has 0 spiro atoms. The molecule has 0 aromatic heterocycles. The number of aryl methyl sites for hydroxylation is 2. The highest BCUT2D eigenvalue weighted by Gasteiger charge is 2.25. The number of benzene rings is 5. The van der Waals surface area contributed by atoms with Crippen molar-refractivity contribution in [2.24, 2.45) is 34.6 Å². The summed E-state index contributed by atoms with van der Waals surface area (Å²) < 4.78 is 0. The lowest BCUT2D eigenvalue weighted by Gasteiger charge is -2.28. The molecule has 1 heterocycles. The van der Waals surface area contributed by atoms with Gasteiger partial charge >= 0.3 is 0 Å². The average molecular weight is 925 g/mol. The molecule has 2 atom stereocenters. The van der Waals surface area contributed by atoms with Crippen LogP contribution in [0.1, 0.15) is 220 Å². The highest BCUT2D eigenvalue weighted by molar-refractivity contribution is 5.95. The smallest absolute Gasteiger partial charge is 0.0665 e. The van der Waals surface area contributed by atoms with Gasteiger partial charge in [-0.3, -0.25) is 4.99 Å². The highest BCUT2D eigenvalue weighted by atomic mass is 14.8. The van der Waals surface area contributed by atoms with Crippen LogP contribution in [0, 0.1) is 29.6 Å². The lowest BCUT2D eigenvalue weighted by atomic mass is 9.77. The molecule has 0 saturated carbocycles. The minimum atomic E-state index is 0.581. The lowest BCUT2D eigenvalue weighted by molar-refractivity contribution is 0.404. The van der Waals surface area contributed by atoms with Crippen LogP contribution in [0.15, 0.2) is 132 Å². The van der Waals surface area contributed by atoms with E-state index < -0.39 is 0 Å². The molecule has 68 heavy (non-hydrogen) atoms. The van der Waals surface area contributed by atoms with Gasteiger partial charge in [-0.1, -0.05) is 260 Å². The Hall–Kier alpha value is -4.23. The molecule has 2 unspecified atom stereocenters. The van der Waals surface area contributed by atoms with E-state index in [0.717, 1.165) is 41.9 Å². The summed E-state index contributed by atoms with van der Waals surface area (Å²) in [5.74, 6) is 6.18. The molecule has 0 bridgehead atoms. The van der Waals surface area contributed by atoms with Gasteiger partial charge in [0.05, 0.1) is 5.69 Å². The van der Waals surface area contributed by atoms with E-state index in [0.29, 0.717) is 11.8 Å². The Morgan fingerprint density at radius 1 is 0.382 bits per heavy atom. The number of para-hydroxylation sites is 1. The average Bonchev–Trinajstić information content (AvgIpc) is 4.16. The number of hydrogen-bond acceptors (Lipinski definition) is 1. The third-order valence-corrected chi connectivity index (χ3v) is 13.0. The van der Waals surface area contributed by atoms with Gasteiger partial charge in [-0.05, 0) is 143 Å². The second-order valence-electron chi connectivity index (χ2n) is 18.8. The van der Waals surface area contributed by atoms with Crippen LogP contribution in [-0.2, 0) is 32.1 Å². The van der Waals surface area contributed by atoms with Gasteiger partial charge in [0.1, 0.15) is 0 Å². The molecule has 1 nitrogen and oxygen atoms in total. The molecule has 0 radical (unpaired) electrons. The largest absolute Gasteiger partial charge is 0.257 e. The Morgan fingerprint density at radius 3 is 1.19 bits per heavy atom. The summed E-state index contributed by atoms with van der Waals surface area (Å²) in [6.45, 7) is 42.8. The maximum Gasteiger partial charge on any atom is 0.0665 e.